The van der Waals surface area contributed by atoms with Gasteiger partial charge in [-0.3, -0.25) is 4.79 Å². The number of ketones is 1. The van der Waals surface area contributed by atoms with Crippen LogP contribution in [0.1, 0.15) is 26.7 Å². The molecule has 1 fully saturated rings. The second kappa shape index (κ2) is 6.46. The molecule has 1 aliphatic rings. The van der Waals surface area contributed by atoms with Crippen LogP contribution < -0.4 is 0 Å². The fraction of sp³-hybridized carbons (Fsp3) is 0.909. The van der Waals surface area contributed by atoms with E-state index in [-0.39, 0.29) is 5.92 Å². The number of rotatable bonds is 5. The lowest BCUT2D eigenvalue weighted by molar-refractivity contribution is -0.124. The molecule has 0 aromatic rings. The van der Waals surface area contributed by atoms with Crippen LogP contribution in [0.2, 0.25) is 0 Å². The van der Waals surface area contributed by atoms with E-state index < -0.39 is 0 Å². The van der Waals surface area contributed by atoms with Gasteiger partial charge in [-0.15, -0.1) is 0 Å². The van der Waals surface area contributed by atoms with E-state index in [1.165, 1.54) is 0 Å². The van der Waals surface area contributed by atoms with E-state index in [0.717, 1.165) is 25.2 Å². The lowest BCUT2D eigenvalue weighted by Crippen LogP contribution is -2.26. The molecule has 0 amide bonds. The number of hydrogen-bond acceptors (Lipinski definition) is 3. The summed E-state index contributed by atoms with van der Waals surface area (Å²) in [4.78, 5) is 11.7. The van der Waals surface area contributed by atoms with Gasteiger partial charge in [0.15, 0.2) is 0 Å². The van der Waals surface area contributed by atoms with Crippen LogP contribution in [-0.2, 0) is 9.53 Å². The maximum absolute atomic E-state index is 11.7. The molecule has 1 atom stereocenters. The number of carbonyl (C=O) groups is 1. The second-order valence-corrected chi connectivity index (χ2v) is 5.32. The zero-order chi connectivity index (χ0) is 10.4. The highest BCUT2D eigenvalue weighted by Gasteiger charge is 2.21. The van der Waals surface area contributed by atoms with E-state index in [1.54, 1.807) is 11.8 Å². The molecule has 0 aliphatic carbocycles. The third kappa shape index (κ3) is 4.47. The molecule has 0 aromatic heterocycles. The summed E-state index contributed by atoms with van der Waals surface area (Å²) in [6, 6.07) is 0. The summed E-state index contributed by atoms with van der Waals surface area (Å²) in [5.41, 5.74) is 0. The fourth-order valence-electron chi connectivity index (χ4n) is 1.51. The largest absolute Gasteiger partial charge is 0.381 e. The summed E-state index contributed by atoms with van der Waals surface area (Å²) in [5, 5.41) is 0. The van der Waals surface area contributed by atoms with Gasteiger partial charge in [-0.2, -0.15) is 11.8 Å². The Labute approximate surface area is 90.8 Å². The first-order valence-corrected chi connectivity index (χ1v) is 6.54. The average molecular weight is 216 g/mol. The lowest BCUT2D eigenvalue weighted by Gasteiger charge is -2.20. The molecule has 3 heteroatoms. The molecular formula is C11H20O2S. The molecular weight excluding hydrogens is 196 g/mol. The number of thioether (sulfide) groups is 1. The first-order valence-electron chi connectivity index (χ1n) is 5.38. The summed E-state index contributed by atoms with van der Waals surface area (Å²) in [7, 11) is 0. The van der Waals surface area contributed by atoms with Gasteiger partial charge in [0.1, 0.15) is 5.78 Å². The van der Waals surface area contributed by atoms with Crippen LogP contribution in [-0.4, -0.2) is 30.5 Å². The van der Waals surface area contributed by atoms with Crippen molar-refractivity contribution in [3.63, 3.8) is 0 Å². The molecule has 2 nitrogen and oxygen atoms in total. The van der Waals surface area contributed by atoms with Gasteiger partial charge in [-0.1, -0.05) is 13.8 Å². The average Bonchev–Trinajstić information content (AvgIpc) is 2.18. The van der Waals surface area contributed by atoms with E-state index in [1.807, 2.05) is 0 Å². The van der Waals surface area contributed by atoms with Gasteiger partial charge in [0.25, 0.3) is 0 Å². The molecule has 0 bridgehead atoms. The molecule has 0 aromatic carbocycles. The Morgan fingerprint density at radius 1 is 1.57 bits per heavy atom. The molecule has 0 N–H and O–H groups in total. The Bertz CT molecular complexity index is 174. The summed E-state index contributed by atoms with van der Waals surface area (Å²) in [5.74, 6) is 3.00. The highest BCUT2D eigenvalue weighted by molar-refractivity contribution is 7.99. The summed E-state index contributed by atoms with van der Waals surface area (Å²) < 4.78 is 5.30. The van der Waals surface area contributed by atoms with E-state index in [2.05, 4.69) is 13.8 Å². The zero-order valence-corrected chi connectivity index (χ0v) is 9.94. The van der Waals surface area contributed by atoms with Crippen molar-refractivity contribution in [3.8, 4) is 0 Å². The molecule has 1 heterocycles. The van der Waals surface area contributed by atoms with Crippen molar-refractivity contribution in [3.05, 3.63) is 0 Å². The third-order valence-corrected chi connectivity index (χ3v) is 3.70. The molecule has 0 spiro atoms. The smallest absolute Gasteiger partial charge is 0.148 e. The predicted octanol–water partition coefficient (Wildman–Crippen LogP) is 2.37. The lowest BCUT2D eigenvalue weighted by atomic mass is 9.99. The van der Waals surface area contributed by atoms with Gasteiger partial charge in [0.05, 0.1) is 12.4 Å². The fourth-order valence-corrected chi connectivity index (χ4v) is 2.53. The SMILES string of the molecule is CC(C)CSCC(=O)C1CCCOC1. The molecule has 0 radical (unpaired) electrons. The van der Waals surface area contributed by atoms with Crippen molar-refractivity contribution in [1.82, 2.24) is 0 Å². The van der Waals surface area contributed by atoms with Crippen LogP contribution in [0.3, 0.4) is 0 Å². The van der Waals surface area contributed by atoms with Crippen molar-refractivity contribution >= 4 is 17.5 Å². The number of hydrogen-bond donors (Lipinski definition) is 0. The minimum atomic E-state index is 0.184. The van der Waals surface area contributed by atoms with Crippen LogP contribution >= 0.6 is 11.8 Å². The Hall–Kier alpha value is -0.0200. The van der Waals surface area contributed by atoms with Gasteiger partial charge < -0.3 is 4.74 Å². The quantitative estimate of drug-likeness (QED) is 0.706. The number of Topliss-reactive ketones (excluding diaryl/α,β-unsaturated/α-hetero) is 1. The van der Waals surface area contributed by atoms with Crippen LogP contribution in [0.5, 0.6) is 0 Å². The first kappa shape index (κ1) is 12.1. The molecule has 1 rings (SSSR count). The van der Waals surface area contributed by atoms with Crippen LogP contribution in [0, 0.1) is 11.8 Å². The minimum absolute atomic E-state index is 0.184. The van der Waals surface area contributed by atoms with Crippen LogP contribution in [0.4, 0.5) is 0 Å². The van der Waals surface area contributed by atoms with E-state index in [9.17, 15) is 4.79 Å². The van der Waals surface area contributed by atoms with Crippen molar-refractivity contribution in [1.29, 1.82) is 0 Å². The Morgan fingerprint density at radius 3 is 2.93 bits per heavy atom. The summed E-state index contributed by atoms with van der Waals surface area (Å²) in [6.45, 7) is 5.85. The van der Waals surface area contributed by atoms with Crippen molar-refractivity contribution in [2.24, 2.45) is 11.8 Å². The Balaban J connectivity index is 2.13. The predicted molar refractivity (Wildman–Crippen MR) is 60.7 cm³/mol. The topological polar surface area (TPSA) is 26.3 Å². The van der Waals surface area contributed by atoms with Gasteiger partial charge >= 0.3 is 0 Å². The van der Waals surface area contributed by atoms with Gasteiger partial charge in [-0.25, -0.2) is 0 Å². The Kier molecular flexibility index (Phi) is 5.56. The van der Waals surface area contributed by atoms with Crippen molar-refractivity contribution < 1.29 is 9.53 Å². The zero-order valence-electron chi connectivity index (χ0n) is 9.12. The van der Waals surface area contributed by atoms with Gasteiger partial charge in [0.2, 0.25) is 0 Å². The Morgan fingerprint density at radius 2 is 2.36 bits per heavy atom. The van der Waals surface area contributed by atoms with E-state index in [4.69, 9.17) is 4.74 Å². The van der Waals surface area contributed by atoms with E-state index >= 15 is 0 Å². The highest BCUT2D eigenvalue weighted by Crippen LogP contribution is 2.17. The maximum atomic E-state index is 11.7. The van der Waals surface area contributed by atoms with Crippen LogP contribution in [0.15, 0.2) is 0 Å². The molecule has 1 aliphatic heterocycles. The first-order chi connectivity index (χ1) is 6.70. The van der Waals surface area contributed by atoms with Gasteiger partial charge in [0, 0.05) is 12.5 Å². The normalized spacial score (nSPS) is 22.6. The van der Waals surface area contributed by atoms with Gasteiger partial charge in [-0.05, 0) is 24.5 Å². The molecule has 1 saturated heterocycles. The third-order valence-electron chi connectivity index (χ3n) is 2.31. The molecule has 1 unspecified atom stereocenters. The molecule has 0 saturated carbocycles. The summed E-state index contributed by atoms with van der Waals surface area (Å²) in [6.07, 6.45) is 2.08. The van der Waals surface area contributed by atoms with Crippen molar-refractivity contribution in [2.75, 3.05) is 24.7 Å². The minimum Gasteiger partial charge on any atom is -0.381 e. The molecule has 14 heavy (non-hydrogen) atoms. The second-order valence-electron chi connectivity index (χ2n) is 4.29. The number of ether oxygens (including phenoxy) is 1. The highest BCUT2D eigenvalue weighted by atomic mass is 32.2. The monoisotopic (exact) mass is 216 g/mol. The van der Waals surface area contributed by atoms with Crippen molar-refractivity contribution in [2.45, 2.75) is 26.7 Å². The van der Waals surface area contributed by atoms with Crippen LogP contribution in [0.25, 0.3) is 0 Å². The standard InChI is InChI=1S/C11H20O2S/c1-9(2)7-14-8-11(12)10-4-3-5-13-6-10/h9-10H,3-8H2,1-2H3. The number of carbonyl (C=O) groups excluding carboxylic acids is 1. The molecule has 82 valence electrons. The maximum Gasteiger partial charge on any atom is 0.148 e. The summed E-state index contributed by atoms with van der Waals surface area (Å²) >= 11 is 1.76. The van der Waals surface area contributed by atoms with E-state index in [0.29, 0.717) is 24.1 Å².